The second kappa shape index (κ2) is 10.3. The van der Waals surface area contributed by atoms with Crippen molar-refractivity contribution in [2.24, 2.45) is 5.92 Å². The first-order valence-electron chi connectivity index (χ1n) is 10.6. The number of likely N-dealkylation sites (tertiary alicyclic amines) is 1. The standard InChI is InChI=1S/C21H26N4O8/c1-3-32-21(29)14-5-4-8-23(10-14)19(27)11-22(2)18(26)12-24-16-9-15(25(30)31)6-7-17(16)33-13-20(24)28/h6-7,9,14H,3-5,8,10-13H2,1-2H3. The summed E-state index contributed by atoms with van der Waals surface area (Å²) in [5.74, 6) is -1.83. The SMILES string of the molecule is CCOC(=O)C1CCCN(C(=O)CN(C)C(=O)CN2C(=O)COc3ccc([N+](=O)[O-])cc32)C1. The van der Waals surface area contributed by atoms with Crippen LogP contribution >= 0.6 is 0 Å². The number of nitro benzene ring substituents is 1. The monoisotopic (exact) mass is 462 g/mol. The number of carbonyl (C=O) groups is 4. The van der Waals surface area contributed by atoms with Crippen molar-refractivity contribution in [3.63, 3.8) is 0 Å². The molecule has 0 N–H and O–H groups in total. The fourth-order valence-electron chi connectivity index (χ4n) is 3.78. The van der Waals surface area contributed by atoms with Crippen LogP contribution in [0.2, 0.25) is 0 Å². The third-order valence-electron chi connectivity index (χ3n) is 5.58. The summed E-state index contributed by atoms with van der Waals surface area (Å²) in [6.45, 7) is 1.78. The normalized spacial score (nSPS) is 17.6. The average molecular weight is 462 g/mol. The molecule has 3 amide bonds. The molecule has 0 aliphatic carbocycles. The lowest BCUT2D eigenvalue weighted by atomic mass is 9.98. The average Bonchev–Trinajstić information content (AvgIpc) is 2.80. The molecule has 0 saturated carbocycles. The van der Waals surface area contributed by atoms with Crippen LogP contribution in [0.1, 0.15) is 19.8 Å². The van der Waals surface area contributed by atoms with Gasteiger partial charge >= 0.3 is 5.97 Å². The second-order valence-corrected chi connectivity index (χ2v) is 7.86. The van der Waals surface area contributed by atoms with E-state index in [1.165, 1.54) is 35.0 Å². The topological polar surface area (TPSA) is 140 Å². The molecule has 0 bridgehead atoms. The van der Waals surface area contributed by atoms with E-state index in [-0.39, 0.29) is 61.2 Å². The number of nitro groups is 1. The van der Waals surface area contributed by atoms with Crippen LogP contribution in [0.15, 0.2) is 18.2 Å². The van der Waals surface area contributed by atoms with Crippen molar-refractivity contribution in [3.05, 3.63) is 28.3 Å². The number of piperidine rings is 1. The zero-order valence-corrected chi connectivity index (χ0v) is 18.5. The number of carbonyl (C=O) groups excluding carboxylic acids is 4. The Morgan fingerprint density at radius 1 is 1.33 bits per heavy atom. The van der Waals surface area contributed by atoms with E-state index in [0.717, 1.165) is 4.90 Å². The maximum atomic E-state index is 12.8. The van der Waals surface area contributed by atoms with Gasteiger partial charge in [0.1, 0.15) is 12.3 Å². The summed E-state index contributed by atoms with van der Waals surface area (Å²) in [6, 6.07) is 3.80. The van der Waals surface area contributed by atoms with Crippen LogP contribution < -0.4 is 9.64 Å². The van der Waals surface area contributed by atoms with E-state index < -0.39 is 23.3 Å². The summed E-state index contributed by atoms with van der Waals surface area (Å²) in [5, 5.41) is 11.1. The quantitative estimate of drug-likeness (QED) is 0.326. The number of benzene rings is 1. The molecule has 2 aliphatic rings. The van der Waals surface area contributed by atoms with Crippen LogP contribution in [0.5, 0.6) is 5.75 Å². The molecule has 2 aliphatic heterocycles. The van der Waals surface area contributed by atoms with Crippen LogP contribution in [-0.4, -0.2) is 84.9 Å². The molecule has 1 atom stereocenters. The summed E-state index contributed by atoms with van der Waals surface area (Å²) in [4.78, 5) is 64.2. The van der Waals surface area contributed by atoms with Gasteiger partial charge in [-0.25, -0.2) is 0 Å². The van der Waals surface area contributed by atoms with Crippen LogP contribution in [0.3, 0.4) is 0 Å². The summed E-state index contributed by atoms with van der Waals surface area (Å²) >= 11 is 0. The van der Waals surface area contributed by atoms with Gasteiger partial charge in [0.2, 0.25) is 11.8 Å². The molecule has 12 nitrogen and oxygen atoms in total. The number of anilines is 1. The second-order valence-electron chi connectivity index (χ2n) is 7.86. The Hall–Kier alpha value is -3.70. The lowest BCUT2D eigenvalue weighted by Crippen LogP contribution is -2.50. The van der Waals surface area contributed by atoms with Gasteiger partial charge in [-0.15, -0.1) is 0 Å². The summed E-state index contributed by atoms with van der Waals surface area (Å²) < 4.78 is 10.3. The van der Waals surface area contributed by atoms with Gasteiger partial charge in [-0.3, -0.25) is 34.2 Å². The molecule has 0 radical (unpaired) electrons. The van der Waals surface area contributed by atoms with Crippen molar-refractivity contribution in [1.82, 2.24) is 9.80 Å². The molecule has 33 heavy (non-hydrogen) atoms. The molecule has 0 aromatic heterocycles. The Morgan fingerprint density at radius 2 is 2.09 bits per heavy atom. The van der Waals surface area contributed by atoms with E-state index in [2.05, 4.69) is 0 Å². The third kappa shape index (κ3) is 5.57. The Morgan fingerprint density at radius 3 is 2.79 bits per heavy atom. The van der Waals surface area contributed by atoms with Gasteiger partial charge < -0.3 is 19.3 Å². The predicted octanol–water partition coefficient (Wildman–Crippen LogP) is 0.580. The Kier molecular flexibility index (Phi) is 7.46. The highest BCUT2D eigenvalue weighted by molar-refractivity contribution is 6.02. The summed E-state index contributed by atoms with van der Waals surface area (Å²) in [7, 11) is 1.44. The van der Waals surface area contributed by atoms with E-state index in [4.69, 9.17) is 9.47 Å². The number of fused-ring (bicyclic) bond motifs is 1. The summed E-state index contributed by atoms with van der Waals surface area (Å²) in [5.41, 5.74) is -0.115. The minimum Gasteiger partial charge on any atom is -0.482 e. The molecule has 178 valence electrons. The zero-order valence-electron chi connectivity index (χ0n) is 18.5. The van der Waals surface area contributed by atoms with E-state index >= 15 is 0 Å². The first-order valence-corrected chi connectivity index (χ1v) is 10.6. The number of rotatable bonds is 7. The predicted molar refractivity (Wildman–Crippen MR) is 115 cm³/mol. The Bertz CT molecular complexity index is 966. The zero-order chi connectivity index (χ0) is 24.1. The minimum absolute atomic E-state index is 0.127. The van der Waals surface area contributed by atoms with Gasteiger partial charge in [-0.1, -0.05) is 0 Å². The Labute approximate surface area is 190 Å². The lowest BCUT2D eigenvalue weighted by Gasteiger charge is -2.33. The first-order chi connectivity index (χ1) is 15.7. The maximum absolute atomic E-state index is 12.8. The van der Waals surface area contributed by atoms with Crippen molar-refractivity contribution in [3.8, 4) is 5.75 Å². The van der Waals surface area contributed by atoms with Crippen molar-refractivity contribution in [2.75, 3.05) is 51.3 Å². The van der Waals surface area contributed by atoms with Crippen molar-refractivity contribution < 1.29 is 33.6 Å². The molecule has 1 aromatic rings. The number of likely N-dealkylation sites (N-methyl/N-ethyl adjacent to an activating group) is 1. The number of esters is 1. The highest BCUT2D eigenvalue weighted by atomic mass is 16.6. The highest BCUT2D eigenvalue weighted by Gasteiger charge is 2.32. The molecule has 1 fully saturated rings. The largest absolute Gasteiger partial charge is 0.482 e. The van der Waals surface area contributed by atoms with Gasteiger partial charge in [0.15, 0.2) is 6.61 Å². The van der Waals surface area contributed by atoms with Crippen LogP contribution in [0.4, 0.5) is 11.4 Å². The highest BCUT2D eigenvalue weighted by Crippen LogP contribution is 2.35. The van der Waals surface area contributed by atoms with E-state index in [1.54, 1.807) is 6.92 Å². The number of hydrogen-bond acceptors (Lipinski definition) is 8. The molecule has 0 spiro atoms. The van der Waals surface area contributed by atoms with E-state index in [9.17, 15) is 29.3 Å². The first kappa shape index (κ1) is 24.0. The number of ether oxygens (including phenoxy) is 2. The molecule has 1 aromatic carbocycles. The molecule has 2 heterocycles. The smallest absolute Gasteiger partial charge is 0.310 e. The van der Waals surface area contributed by atoms with Crippen molar-refractivity contribution in [2.45, 2.75) is 19.8 Å². The number of nitrogens with zero attached hydrogens (tertiary/aromatic N) is 4. The maximum Gasteiger partial charge on any atom is 0.310 e. The minimum atomic E-state index is -0.605. The Balaban J connectivity index is 1.63. The van der Waals surface area contributed by atoms with E-state index in [1.807, 2.05) is 0 Å². The molecule has 1 unspecified atom stereocenters. The molecular formula is C21H26N4O8. The lowest BCUT2D eigenvalue weighted by molar-refractivity contribution is -0.384. The van der Waals surface area contributed by atoms with Crippen LogP contribution in [-0.2, 0) is 23.9 Å². The van der Waals surface area contributed by atoms with Gasteiger partial charge in [-0.2, -0.15) is 0 Å². The number of hydrogen-bond donors (Lipinski definition) is 0. The summed E-state index contributed by atoms with van der Waals surface area (Å²) in [6.07, 6.45) is 1.30. The van der Waals surface area contributed by atoms with E-state index in [0.29, 0.717) is 19.4 Å². The van der Waals surface area contributed by atoms with Crippen LogP contribution in [0.25, 0.3) is 0 Å². The molecule has 3 rings (SSSR count). The van der Waals surface area contributed by atoms with Gasteiger partial charge in [0.05, 0.1) is 29.7 Å². The fourth-order valence-corrected chi connectivity index (χ4v) is 3.78. The number of amides is 3. The molecule has 1 saturated heterocycles. The molecular weight excluding hydrogens is 436 g/mol. The van der Waals surface area contributed by atoms with Crippen molar-refractivity contribution >= 4 is 35.1 Å². The van der Waals surface area contributed by atoms with Gasteiger partial charge in [0.25, 0.3) is 11.6 Å². The third-order valence-corrected chi connectivity index (χ3v) is 5.58. The van der Waals surface area contributed by atoms with Crippen molar-refractivity contribution in [1.29, 1.82) is 0 Å². The molecule has 12 heteroatoms. The van der Waals surface area contributed by atoms with Gasteiger partial charge in [-0.05, 0) is 25.8 Å². The fraction of sp³-hybridized carbons (Fsp3) is 0.524. The van der Waals surface area contributed by atoms with Gasteiger partial charge in [0, 0.05) is 32.3 Å². The number of non-ortho nitro benzene ring substituents is 1. The van der Waals surface area contributed by atoms with Crippen LogP contribution in [0, 0.1) is 16.0 Å².